The Hall–Kier alpha value is -3.65. The lowest BCUT2D eigenvalue weighted by atomic mass is 10.1. The van der Waals surface area contributed by atoms with Gasteiger partial charge in [0.1, 0.15) is 0 Å². The molecule has 0 radical (unpaired) electrons. The van der Waals surface area contributed by atoms with Crippen molar-refractivity contribution < 1.29 is 28.3 Å². The first-order chi connectivity index (χ1) is 14.9. The van der Waals surface area contributed by atoms with Gasteiger partial charge < -0.3 is 19.2 Å². The number of nitrogens with zero attached hydrogens (tertiary/aromatic N) is 1. The van der Waals surface area contributed by atoms with E-state index >= 15 is 0 Å². The lowest BCUT2D eigenvalue weighted by Gasteiger charge is -2.09. The van der Waals surface area contributed by atoms with E-state index in [4.69, 9.17) is 16.0 Å². The number of hydrogen-bond acceptors (Lipinski definition) is 7. The van der Waals surface area contributed by atoms with Crippen LogP contribution in [0.15, 0.2) is 53.1 Å². The Balaban J connectivity index is 1.66. The predicted molar refractivity (Wildman–Crippen MR) is 113 cm³/mol. The number of oxazole rings is 1. The van der Waals surface area contributed by atoms with Gasteiger partial charge in [-0.15, -0.1) is 0 Å². The molecule has 1 amide bonds. The highest BCUT2D eigenvalue weighted by Crippen LogP contribution is 2.23. The van der Waals surface area contributed by atoms with Crippen LogP contribution in [-0.4, -0.2) is 37.0 Å². The minimum atomic E-state index is -0.643. The van der Waals surface area contributed by atoms with E-state index in [1.165, 1.54) is 32.4 Å². The van der Waals surface area contributed by atoms with Crippen molar-refractivity contribution in [2.24, 2.45) is 0 Å². The molecule has 0 atom stereocenters. The molecule has 0 spiro atoms. The van der Waals surface area contributed by atoms with Crippen LogP contribution in [-0.2, 0) is 20.7 Å². The zero-order valence-electron chi connectivity index (χ0n) is 16.8. The molecule has 0 aliphatic rings. The fraction of sp³-hybridized carbons (Fsp3) is 0.182. The van der Waals surface area contributed by atoms with Gasteiger partial charge >= 0.3 is 11.9 Å². The maximum Gasteiger partial charge on any atom is 0.337 e. The number of aromatic nitrogens is 1. The predicted octanol–water partition coefficient (Wildman–Crippen LogP) is 4.14. The summed E-state index contributed by atoms with van der Waals surface area (Å²) >= 11 is 5.88. The van der Waals surface area contributed by atoms with Crippen LogP contribution in [0.5, 0.6) is 0 Å². The summed E-state index contributed by atoms with van der Waals surface area (Å²) in [6.07, 6.45) is 1.93. The summed E-state index contributed by atoms with van der Waals surface area (Å²) in [7, 11) is 2.44. The van der Waals surface area contributed by atoms with Gasteiger partial charge in [-0.3, -0.25) is 4.79 Å². The number of hydrogen-bond donors (Lipinski definition) is 1. The van der Waals surface area contributed by atoms with Crippen molar-refractivity contribution in [1.82, 2.24) is 4.98 Å². The van der Waals surface area contributed by atoms with E-state index in [2.05, 4.69) is 19.8 Å². The first kappa shape index (κ1) is 22.0. The van der Waals surface area contributed by atoms with Gasteiger partial charge in [0.25, 0.3) is 0 Å². The van der Waals surface area contributed by atoms with Crippen molar-refractivity contribution in [2.45, 2.75) is 12.8 Å². The number of carbonyl (C=O) groups is 3. The van der Waals surface area contributed by atoms with Crippen LogP contribution in [0.25, 0.3) is 11.3 Å². The molecular weight excluding hydrogens is 424 g/mol. The van der Waals surface area contributed by atoms with Crippen molar-refractivity contribution in [2.75, 3.05) is 19.5 Å². The molecule has 2 aromatic carbocycles. The summed E-state index contributed by atoms with van der Waals surface area (Å²) in [6, 6.07) is 11.3. The summed E-state index contributed by atoms with van der Waals surface area (Å²) in [6.45, 7) is 0. The number of nitrogens with one attached hydrogen (secondary N) is 1. The second-order valence-corrected chi connectivity index (χ2v) is 6.89. The minimum Gasteiger partial charge on any atom is -0.465 e. The zero-order valence-corrected chi connectivity index (χ0v) is 17.6. The molecule has 0 aliphatic carbocycles. The molecule has 160 valence electrons. The van der Waals surface area contributed by atoms with E-state index in [0.717, 1.165) is 5.56 Å². The van der Waals surface area contributed by atoms with Crippen LogP contribution < -0.4 is 5.32 Å². The van der Waals surface area contributed by atoms with E-state index in [1.54, 1.807) is 18.3 Å². The first-order valence-electron chi connectivity index (χ1n) is 9.22. The fourth-order valence-electron chi connectivity index (χ4n) is 2.79. The Morgan fingerprint density at radius 3 is 2.19 bits per heavy atom. The number of aryl methyl sites for hydroxylation is 1. The molecule has 0 unspecified atom stereocenters. The highest BCUT2D eigenvalue weighted by Gasteiger charge is 2.15. The third-order valence-electron chi connectivity index (χ3n) is 4.31. The van der Waals surface area contributed by atoms with Crippen LogP contribution >= 0.6 is 11.6 Å². The topological polar surface area (TPSA) is 108 Å². The van der Waals surface area contributed by atoms with Crippen LogP contribution in [0.1, 0.15) is 33.0 Å². The summed E-state index contributed by atoms with van der Waals surface area (Å²) < 4.78 is 15.1. The summed E-state index contributed by atoms with van der Waals surface area (Å²) in [5.41, 5.74) is 1.31. The van der Waals surface area contributed by atoms with E-state index in [1.807, 2.05) is 12.1 Å². The lowest BCUT2D eigenvalue weighted by molar-refractivity contribution is -0.116. The molecule has 0 fully saturated rings. The van der Waals surface area contributed by atoms with Crippen LogP contribution in [0.4, 0.5) is 5.69 Å². The molecular formula is C22H19ClN2O6. The average molecular weight is 443 g/mol. The SMILES string of the molecule is COC(=O)c1cc(NC(=O)CCc2ncc(-c3ccc(Cl)cc3)o2)cc(C(=O)OC)c1. The number of benzene rings is 2. The van der Waals surface area contributed by atoms with E-state index < -0.39 is 11.9 Å². The highest BCUT2D eigenvalue weighted by atomic mass is 35.5. The molecule has 9 heteroatoms. The summed E-state index contributed by atoms with van der Waals surface area (Å²) in [5, 5.41) is 3.27. The second kappa shape index (κ2) is 9.90. The Kier molecular flexibility index (Phi) is 7.04. The molecule has 8 nitrogen and oxygen atoms in total. The van der Waals surface area contributed by atoms with Gasteiger partial charge in [0, 0.05) is 29.1 Å². The van der Waals surface area contributed by atoms with Crippen molar-refractivity contribution >= 4 is 35.1 Å². The number of esters is 2. The standard InChI is InChI=1S/C22H19ClN2O6/c1-29-21(27)14-9-15(22(28)30-2)11-17(10-14)25-19(26)7-8-20-24-12-18(31-20)13-3-5-16(23)6-4-13/h3-6,9-12H,7-8H2,1-2H3,(H,25,26). The molecule has 1 N–H and O–H groups in total. The van der Waals surface area contributed by atoms with Crippen molar-refractivity contribution in [1.29, 1.82) is 0 Å². The maximum absolute atomic E-state index is 12.4. The monoisotopic (exact) mass is 442 g/mol. The van der Waals surface area contributed by atoms with Gasteiger partial charge in [-0.25, -0.2) is 14.6 Å². The highest BCUT2D eigenvalue weighted by molar-refractivity contribution is 6.30. The normalized spacial score (nSPS) is 10.4. The van der Waals surface area contributed by atoms with Crippen LogP contribution in [0.3, 0.4) is 0 Å². The molecule has 3 rings (SSSR count). The Morgan fingerprint density at radius 1 is 1.00 bits per heavy atom. The van der Waals surface area contributed by atoms with Gasteiger partial charge in [0.2, 0.25) is 5.91 Å². The number of ether oxygens (including phenoxy) is 2. The van der Waals surface area contributed by atoms with Gasteiger partial charge in [-0.05, 0) is 42.5 Å². The molecule has 31 heavy (non-hydrogen) atoms. The fourth-order valence-corrected chi connectivity index (χ4v) is 2.91. The quantitative estimate of drug-likeness (QED) is 0.548. The zero-order chi connectivity index (χ0) is 22.4. The van der Waals surface area contributed by atoms with E-state index in [9.17, 15) is 14.4 Å². The second-order valence-electron chi connectivity index (χ2n) is 6.46. The molecule has 0 aliphatic heterocycles. The Bertz CT molecular complexity index is 1070. The number of amides is 1. The molecule has 1 aromatic heterocycles. The largest absolute Gasteiger partial charge is 0.465 e. The minimum absolute atomic E-state index is 0.0799. The number of methoxy groups -OCH3 is 2. The molecule has 3 aromatic rings. The summed E-state index contributed by atoms with van der Waals surface area (Å²) in [4.78, 5) is 40.3. The average Bonchev–Trinajstić information content (AvgIpc) is 3.26. The number of anilines is 1. The smallest absolute Gasteiger partial charge is 0.337 e. The van der Waals surface area contributed by atoms with Gasteiger partial charge in [-0.2, -0.15) is 0 Å². The van der Waals surface area contributed by atoms with Gasteiger partial charge in [0.05, 0.1) is 31.5 Å². The Labute approximate surface area is 183 Å². The molecule has 0 saturated carbocycles. The van der Waals surface area contributed by atoms with E-state index in [0.29, 0.717) is 16.7 Å². The third kappa shape index (κ3) is 5.70. The van der Waals surface area contributed by atoms with Gasteiger partial charge in [-0.1, -0.05) is 11.6 Å². The van der Waals surface area contributed by atoms with Crippen LogP contribution in [0.2, 0.25) is 5.02 Å². The van der Waals surface area contributed by atoms with Crippen molar-refractivity contribution in [3.63, 3.8) is 0 Å². The van der Waals surface area contributed by atoms with E-state index in [-0.39, 0.29) is 35.6 Å². The molecule has 1 heterocycles. The molecule has 0 saturated heterocycles. The van der Waals surface area contributed by atoms with Crippen molar-refractivity contribution in [3.8, 4) is 11.3 Å². The molecule has 0 bridgehead atoms. The maximum atomic E-state index is 12.4. The first-order valence-corrected chi connectivity index (χ1v) is 9.59. The van der Waals surface area contributed by atoms with Gasteiger partial charge in [0.15, 0.2) is 11.7 Å². The summed E-state index contributed by atoms with van der Waals surface area (Å²) in [5.74, 6) is -0.658. The number of carbonyl (C=O) groups excluding carboxylic acids is 3. The third-order valence-corrected chi connectivity index (χ3v) is 4.56. The number of halogens is 1. The lowest BCUT2D eigenvalue weighted by Crippen LogP contribution is -2.14. The Morgan fingerprint density at radius 2 is 1.61 bits per heavy atom. The van der Waals surface area contributed by atoms with Crippen molar-refractivity contribution in [3.05, 3.63) is 70.7 Å². The van der Waals surface area contributed by atoms with Crippen LogP contribution in [0, 0.1) is 0 Å². The number of rotatable bonds is 7.